The fourth-order valence-corrected chi connectivity index (χ4v) is 4.92. The molecule has 2 aromatic heterocycles. The number of aryl methyl sites for hydroxylation is 1. The van der Waals surface area contributed by atoms with Crippen LogP contribution in [0.15, 0.2) is 64.4 Å². The summed E-state index contributed by atoms with van der Waals surface area (Å²) in [6.07, 6.45) is 6.38. The minimum atomic E-state index is -0.337. The van der Waals surface area contributed by atoms with E-state index in [2.05, 4.69) is 11.1 Å². The lowest BCUT2D eigenvalue weighted by atomic mass is 9.95. The lowest BCUT2D eigenvalue weighted by Crippen LogP contribution is -2.43. The van der Waals surface area contributed by atoms with Gasteiger partial charge in [0.05, 0.1) is 30.2 Å². The quantitative estimate of drug-likeness (QED) is 0.479. The first kappa shape index (κ1) is 21.0. The molecule has 1 saturated carbocycles. The summed E-state index contributed by atoms with van der Waals surface area (Å²) in [5, 5.41) is 9.50. The largest absolute Gasteiger partial charge is 0.337 e. The van der Waals surface area contributed by atoms with Crippen molar-refractivity contribution in [1.29, 1.82) is 5.26 Å². The Bertz CT molecular complexity index is 1500. The summed E-state index contributed by atoms with van der Waals surface area (Å²) in [4.78, 5) is 32.1. The summed E-state index contributed by atoms with van der Waals surface area (Å²) in [6.45, 7) is 2.27. The maximum absolute atomic E-state index is 13.8. The van der Waals surface area contributed by atoms with Crippen molar-refractivity contribution in [2.75, 3.05) is 0 Å². The van der Waals surface area contributed by atoms with Gasteiger partial charge in [-0.25, -0.2) is 14.3 Å². The van der Waals surface area contributed by atoms with E-state index < -0.39 is 0 Å². The van der Waals surface area contributed by atoms with Gasteiger partial charge in [-0.3, -0.25) is 9.36 Å². The second-order valence-electron chi connectivity index (χ2n) is 8.69. The van der Waals surface area contributed by atoms with E-state index in [1.807, 2.05) is 49.4 Å². The molecule has 1 aliphatic carbocycles. The van der Waals surface area contributed by atoms with E-state index in [4.69, 9.17) is 0 Å². The maximum Gasteiger partial charge on any atom is 0.337 e. The molecule has 7 nitrogen and oxygen atoms in total. The highest BCUT2D eigenvalue weighted by Crippen LogP contribution is 2.27. The van der Waals surface area contributed by atoms with Crippen LogP contribution in [0.25, 0.3) is 16.9 Å². The van der Waals surface area contributed by atoms with Gasteiger partial charge in [-0.2, -0.15) is 5.26 Å². The minimum absolute atomic E-state index is 0.117. The van der Waals surface area contributed by atoms with E-state index in [1.54, 1.807) is 21.5 Å². The van der Waals surface area contributed by atoms with Gasteiger partial charge in [0.2, 0.25) is 0 Å². The molecular weight excluding hydrogens is 414 g/mol. The summed E-state index contributed by atoms with van der Waals surface area (Å²) in [5.41, 5.74) is 3.10. The third-order valence-electron chi connectivity index (χ3n) is 6.62. The molecule has 2 aromatic carbocycles. The maximum atomic E-state index is 13.8. The molecule has 0 N–H and O–H groups in total. The van der Waals surface area contributed by atoms with Crippen molar-refractivity contribution in [2.24, 2.45) is 0 Å². The third-order valence-corrected chi connectivity index (χ3v) is 6.62. The molecule has 166 valence electrons. The number of benzene rings is 2. The van der Waals surface area contributed by atoms with E-state index in [1.165, 1.54) is 4.57 Å². The molecule has 0 amide bonds. The third kappa shape index (κ3) is 3.58. The number of imidazole rings is 1. The van der Waals surface area contributed by atoms with Crippen LogP contribution in [0.5, 0.6) is 0 Å². The van der Waals surface area contributed by atoms with E-state index in [0.29, 0.717) is 23.3 Å². The van der Waals surface area contributed by atoms with Crippen LogP contribution < -0.4 is 11.2 Å². The standard InChI is InChI=1S/C26H25N5O2/c1-18-9-5-8-14-22(18)31-24-23(25(32)30(26(31)33)21-12-3-2-4-13-21)29(17-28-24)16-20-11-7-6-10-19(20)15-27/h5-11,14,17,21H,2-4,12-13,16H2,1H3. The van der Waals surface area contributed by atoms with E-state index in [-0.39, 0.29) is 17.3 Å². The van der Waals surface area contributed by atoms with Gasteiger partial charge in [0.1, 0.15) is 0 Å². The highest BCUT2D eigenvalue weighted by atomic mass is 16.2. The summed E-state index contributed by atoms with van der Waals surface area (Å²) in [6, 6.07) is 17.1. The SMILES string of the molecule is Cc1ccccc1-n1c(=O)n(C2CCCCC2)c(=O)c2c1ncn2Cc1ccccc1C#N. The molecule has 0 bridgehead atoms. The fraction of sp³-hybridized carbons (Fsp3) is 0.308. The van der Waals surface area contributed by atoms with Crippen molar-refractivity contribution in [3.63, 3.8) is 0 Å². The number of nitrogens with zero attached hydrogens (tertiary/aromatic N) is 5. The average Bonchev–Trinajstić information content (AvgIpc) is 3.25. The predicted octanol–water partition coefficient (Wildman–Crippen LogP) is 4.08. The molecular formula is C26H25N5O2. The molecule has 0 spiro atoms. The Balaban J connectivity index is 1.80. The summed E-state index contributed by atoms with van der Waals surface area (Å²) in [5.74, 6) is 0. The Morgan fingerprint density at radius 3 is 2.52 bits per heavy atom. The molecule has 1 fully saturated rings. The normalized spacial score (nSPS) is 14.4. The number of nitriles is 1. The number of rotatable bonds is 4. The topological polar surface area (TPSA) is 85.6 Å². The van der Waals surface area contributed by atoms with E-state index in [0.717, 1.165) is 48.9 Å². The molecule has 0 unspecified atom stereocenters. The average molecular weight is 440 g/mol. The second kappa shape index (κ2) is 8.55. The van der Waals surface area contributed by atoms with Crippen molar-refractivity contribution in [2.45, 2.75) is 51.6 Å². The zero-order chi connectivity index (χ0) is 22.9. The molecule has 0 aliphatic heterocycles. The lowest BCUT2D eigenvalue weighted by Gasteiger charge is -2.24. The van der Waals surface area contributed by atoms with E-state index in [9.17, 15) is 14.9 Å². The number of hydrogen-bond acceptors (Lipinski definition) is 4. The van der Waals surface area contributed by atoms with Gasteiger partial charge in [-0.05, 0) is 43.0 Å². The van der Waals surface area contributed by atoms with Crippen LogP contribution in [0.2, 0.25) is 0 Å². The van der Waals surface area contributed by atoms with Crippen LogP contribution in [-0.4, -0.2) is 18.7 Å². The highest BCUT2D eigenvalue weighted by Gasteiger charge is 2.25. The van der Waals surface area contributed by atoms with Crippen LogP contribution in [0, 0.1) is 18.3 Å². The zero-order valence-corrected chi connectivity index (χ0v) is 18.6. The van der Waals surface area contributed by atoms with Crippen LogP contribution in [0.3, 0.4) is 0 Å². The first-order chi connectivity index (χ1) is 16.1. The van der Waals surface area contributed by atoms with Gasteiger partial charge in [-0.1, -0.05) is 55.7 Å². The van der Waals surface area contributed by atoms with Gasteiger partial charge in [-0.15, -0.1) is 0 Å². The monoisotopic (exact) mass is 439 g/mol. The minimum Gasteiger partial charge on any atom is -0.320 e. The first-order valence-electron chi connectivity index (χ1n) is 11.4. The van der Waals surface area contributed by atoms with Crippen molar-refractivity contribution < 1.29 is 0 Å². The van der Waals surface area contributed by atoms with Crippen molar-refractivity contribution in [3.8, 4) is 11.8 Å². The Labute approximate surface area is 191 Å². The number of aromatic nitrogens is 4. The second-order valence-corrected chi connectivity index (χ2v) is 8.69. The number of fused-ring (bicyclic) bond motifs is 1. The number of para-hydroxylation sites is 1. The van der Waals surface area contributed by atoms with Gasteiger partial charge >= 0.3 is 5.69 Å². The molecule has 33 heavy (non-hydrogen) atoms. The van der Waals surface area contributed by atoms with E-state index >= 15 is 0 Å². The van der Waals surface area contributed by atoms with Crippen molar-refractivity contribution in [1.82, 2.24) is 18.7 Å². The van der Waals surface area contributed by atoms with Crippen molar-refractivity contribution in [3.05, 3.63) is 92.4 Å². The van der Waals surface area contributed by atoms with Gasteiger partial charge < -0.3 is 4.57 Å². The molecule has 0 radical (unpaired) electrons. The Kier molecular flexibility index (Phi) is 5.43. The summed E-state index contributed by atoms with van der Waals surface area (Å²) in [7, 11) is 0. The molecule has 1 aliphatic rings. The molecule has 2 heterocycles. The first-order valence-corrected chi connectivity index (χ1v) is 11.4. The Hall–Kier alpha value is -3.92. The summed E-state index contributed by atoms with van der Waals surface area (Å²) >= 11 is 0. The van der Waals surface area contributed by atoms with Crippen LogP contribution in [-0.2, 0) is 6.54 Å². The van der Waals surface area contributed by atoms with Crippen LogP contribution in [0.4, 0.5) is 0 Å². The molecule has 0 atom stereocenters. The van der Waals surface area contributed by atoms with Gasteiger partial charge in [0.15, 0.2) is 11.2 Å². The molecule has 0 saturated heterocycles. The fourth-order valence-electron chi connectivity index (χ4n) is 4.92. The van der Waals surface area contributed by atoms with Crippen LogP contribution >= 0.6 is 0 Å². The predicted molar refractivity (Wildman–Crippen MR) is 127 cm³/mol. The zero-order valence-electron chi connectivity index (χ0n) is 18.6. The van der Waals surface area contributed by atoms with Crippen molar-refractivity contribution >= 4 is 11.2 Å². The van der Waals surface area contributed by atoms with Crippen LogP contribution in [0.1, 0.15) is 54.8 Å². The van der Waals surface area contributed by atoms with Gasteiger partial charge in [0, 0.05) is 6.04 Å². The Morgan fingerprint density at radius 1 is 1.03 bits per heavy atom. The lowest BCUT2D eigenvalue weighted by molar-refractivity contribution is 0.335. The highest BCUT2D eigenvalue weighted by molar-refractivity contribution is 5.73. The molecule has 4 aromatic rings. The molecule has 5 rings (SSSR count). The molecule has 7 heteroatoms. The smallest absolute Gasteiger partial charge is 0.320 e. The summed E-state index contributed by atoms with van der Waals surface area (Å²) < 4.78 is 4.79. The van der Waals surface area contributed by atoms with Gasteiger partial charge in [0.25, 0.3) is 5.56 Å². The number of hydrogen-bond donors (Lipinski definition) is 0. The Morgan fingerprint density at radius 2 is 1.76 bits per heavy atom.